The van der Waals surface area contributed by atoms with Gasteiger partial charge in [-0.15, -0.1) is 0 Å². The lowest BCUT2D eigenvalue weighted by molar-refractivity contribution is 0.134. The molecule has 1 aliphatic rings. The average molecular weight is 468 g/mol. The summed E-state index contributed by atoms with van der Waals surface area (Å²) in [4.78, 5) is 6.24. The molecule has 1 aromatic heterocycles. The van der Waals surface area contributed by atoms with E-state index in [-0.39, 0.29) is 12.8 Å². The Hall–Kier alpha value is -3.55. The van der Waals surface area contributed by atoms with E-state index in [2.05, 4.69) is 64.7 Å². The lowest BCUT2D eigenvalue weighted by Gasteiger charge is -2.31. The quantitative estimate of drug-likeness (QED) is 0.260. The highest BCUT2D eigenvalue weighted by atomic mass is 19.1. The molecule has 2 heterocycles. The maximum atomic E-state index is 13.0. The second-order valence-electron chi connectivity index (χ2n) is 8.02. The van der Waals surface area contributed by atoms with Crippen molar-refractivity contribution in [2.24, 2.45) is 5.10 Å². The summed E-state index contributed by atoms with van der Waals surface area (Å²) in [6, 6.07) is 11.0. The van der Waals surface area contributed by atoms with Crippen molar-refractivity contribution in [3.8, 4) is 5.88 Å². The van der Waals surface area contributed by atoms with Crippen LogP contribution in [-0.4, -0.2) is 48.6 Å². The van der Waals surface area contributed by atoms with Gasteiger partial charge in [0.1, 0.15) is 25.2 Å². The van der Waals surface area contributed by atoms with Crippen LogP contribution in [0.15, 0.2) is 71.4 Å². The fourth-order valence-corrected chi connectivity index (χ4v) is 3.54. The normalized spacial score (nSPS) is 15.4. The summed E-state index contributed by atoms with van der Waals surface area (Å²) >= 11 is 0. The van der Waals surface area contributed by atoms with Crippen molar-refractivity contribution in [2.45, 2.75) is 39.8 Å². The molecule has 0 spiro atoms. The Morgan fingerprint density at radius 2 is 1.94 bits per heavy atom. The van der Waals surface area contributed by atoms with Crippen LogP contribution in [0.2, 0.25) is 0 Å². The number of hydrogen-bond acceptors (Lipinski definition) is 7. The summed E-state index contributed by atoms with van der Waals surface area (Å²) < 4.78 is 24.5. The summed E-state index contributed by atoms with van der Waals surface area (Å²) in [6.45, 7) is 8.93. The molecule has 2 N–H and O–H groups in total. The van der Waals surface area contributed by atoms with Gasteiger partial charge in [0.05, 0.1) is 12.4 Å². The number of hydrazone groups is 1. The summed E-state index contributed by atoms with van der Waals surface area (Å²) in [6.07, 6.45) is 8.93. The fraction of sp³-hybridized carbons (Fsp3) is 0.385. The Bertz CT molecular complexity index is 985. The molecule has 0 amide bonds. The second kappa shape index (κ2) is 13.2. The van der Waals surface area contributed by atoms with Gasteiger partial charge in [0.2, 0.25) is 5.88 Å². The first-order valence-corrected chi connectivity index (χ1v) is 11.7. The Labute approximate surface area is 201 Å². The zero-order valence-corrected chi connectivity index (χ0v) is 20.1. The number of allylic oxidation sites excluding steroid dienone is 1. The van der Waals surface area contributed by atoms with Crippen molar-refractivity contribution in [1.29, 1.82) is 0 Å². The average Bonchev–Trinajstić information content (AvgIpc) is 2.83. The molecule has 0 saturated heterocycles. The van der Waals surface area contributed by atoms with Gasteiger partial charge in [-0.1, -0.05) is 43.7 Å². The molecule has 7 nitrogen and oxygen atoms in total. The molecule has 0 bridgehead atoms. The van der Waals surface area contributed by atoms with Gasteiger partial charge in [0.25, 0.3) is 0 Å². The smallest absolute Gasteiger partial charge is 0.213 e. The number of aromatic nitrogens is 1. The van der Waals surface area contributed by atoms with Crippen LogP contribution in [0, 0.1) is 12.7 Å². The van der Waals surface area contributed by atoms with E-state index in [9.17, 15) is 4.39 Å². The number of halogens is 1. The van der Waals surface area contributed by atoms with Crippen LogP contribution in [0.4, 0.5) is 4.39 Å². The lowest BCUT2D eigenvalue weighted by atomic mass is 10.2. The molecular weight excluding hydrogens is 433 g/mol. The molecule has 1 aliphatic heterocycles. The van der Waals surface area contributed by atoms with Gasteiger partial charge in [-0.25, -0.2) is 9.37 Å². The van der Waals surface area contributed by atoms with Crippen LogP contribution in [0.3, 0.4) is 0 Å². The summed E-state index contributed by atoms with van der Waals surface area (Å²) in [5.74, 6) is 0.596. The number of nitrogens with one attached hydrogen (secondary N) is 2. The van der Waals surface area contributed by atoms with Crippen molar-refractivity contribution in [2.75, 3.05) is 26.3 Å². The predicted molar refractivity (Wildman–Crippen MR) is 133 cm³/mol. The Kier molecular flexibility index (Phi) is 9.76. The standard InChI is InChI=1S/C26H34FN5O2/c1-4-11-32(12-5-2)23-16-24(31-29-18-21-8-6-7-20(3)15-21)30-26(17-23)34-14-13-33-25-10-9-22(27)19-28-25/h6-10,15-19,24,30-31H,4-5,11-14H2,1-3H3/b29-18+. The molecule has 34 heavy (non-hydrogen) atoms. The maximum absolute atomic E-state index is 13.0. The van der Waals surface area contributed by atoms with E-state index in [4.69, 9.17) is 9.47 Å². The van der Waals surface area contributed by atoms with Gasteiger partial charge in [-0.3, -0.25) is 5.43 Å². The van der Waals surface area contributed by atoms with Gasteiger partial charge in [-0.2, -0.15) is 5.10 Å². The number of pyridine rings is 1. The molecule has 182 valence electrons. The van der Waals surface area contributed by atoms with Crippen LogP contribution in [-0.2, 0) is 4.74 Å². The lowest BCUT2D eigenvalue weighted by Crippen LogP contribution is -2.42. The van der Waals surface area contributed by atoms with E-state index in [1.165, 1.54) is 17.7 Å². The molecular formula is C26H34FN5O2. The van der Waals surface area contributed by atoms with Crippen molar-refractivity contribution >= 4 is 6.21 Å². The van der Waals surface area contributed by atoms with Gasteiger partial charge in [0.15, 0.2) is 5.88 Å². The molecule has 0 fully saturated rings. The number of benzene rings is 1. The van der Waals surface area contributed by atoms with E-state index in [1.54, 1.807) is 6.21 Å². The minimum Gasteiger partial charge on any atom is -0.475 e. The zero-order valence-electron chi connectivity index (χ0n) is 20.1. The topological polar surface area (TPSA) is 71.0 Å². The van der Waals surface area contributed by atoms with E-state index < -0.39 is 5.82 Å². The number of aryl methyl sites for hydroxylation is 1. The number of hydrogen-bond donors (Lipinski definition) is 2. The molecule has 1 aromatic carbocycles. The third-order valence-electron chi connectivity index (χ3n) is 5.03. The van der Waals surface area contributed by atoms with E-state index in [0.29, 0.717) is 18.4 Å². The zero-order chi connectivity index (χ0) is 24.2. The monoisotopic (exact) mass is 467 g/mol. The van der Waals surface area contributed by atoms with Gasteiger partial charge >= 0.3 is 0 Å². The van der Waals surface area contributed by atoms with Crippen molar-refractivity contribution in [3.05, 3.63) is 83.3 Å². The van der Waals surface area contributed by atoms with Crippen LogP contribution in [0.1, 0.15) is 37.8 Å². The molecule has 2 aromatic rings. The number of ether oxygens (including phenoxy) is 2. The maximum Gasteiger partial charge on any atom is 0.213 e. The van der Waals surface area contributed by atoms with E-state index >= 15 is 0 Å². The molecule has 8 heteroatoms. The highest BCUT2D eigenvalue weighted by molar-refractivity contribution is 5.79. The molecule has 0 saturated carbocycles. The van der Waals surface area contributed by atoms with Crippen LogP contribution >= 0.6 is 0 Å². The van der Waals surface area contributed by atoms with E-state index in [1.807, 2.05) is 18.2 Å². The van der Waals surface area contributed by atoms with Gasteiger partial charge < -0.3 is 19.7 Å². The van der Waals surface area contributed by atoms with Gasteiger partial charge in [-0.05, 0) is 37.5 Å². The summed E-state index contributed by atoms with van der Waals surface area (Å²) in [5, 5.41) is 7.74. The SMILES string of the molecule is CCCN(CCC)C1=CC(N/N=C/c2cccc(C)c2)NC(OCCOc2ccc(F)cn2)=C1. The van der Waals surface area contributed by atoms with Crippen LogP contribution < -0.4 is 15.5 Å². The summed E-state index contributed by atoms with van der Waals surface area (Å²) in [5.41, 5.74) is 6.47. The van der Waals surface area contributed by atoms with Crippen molar-refractivity contribution in [3.63, 3.8) is 0 Å². The van der Waals surface area contributed by atoms with E-state index in [0.717, 1.165) is 43.4 Å². The largest absolute Gasteiger partial charge is 0.475 e. The molecule has 1 unspecified atom stereocenters. The van der Waals surface area contributed by atoms with Crippen LogP contribution in [0.25, 0.3) is 0 Å². The minimum absolute atomic E-state index is 0.230. The fourth-order valence-electron chi connectivity index (χ4n) is 3.54. The van der Waals surface area contributed by atoms with Gasteiger partial charge in [0, 0.05) is 30.9 Å². The third-order valence-corrected chi connectivity index (χ3v) is 5.03. The first kappa shape index (κ1) is 25.1. The summed E-state index contributed by atoms with van der Waals surface area (Å²) in [7, 11) is 0. The first-order chi connectivity index (χ1) is 16.6. The number of nitrogens with zero attached hydrogens (tertiary/aromatic N) is 3. The molecule has 0 aliphatic carbocycles. The number of dihydropyridines is 1. The third kappa shape index (κ3) is 8.10. The Balaban J connectivity index is 1.62. The van der Waals surface area contributed by atoms with Crippen molar-refractivity contribution in [1.82, 2.24) is 20.6 Å². The first-order valence-electron chi connectivity index (χ1n) is 11.7. The molecule has 3 rings (SSSR count). The Morgan fingerprint density at radius 3 is 2.65 bits per heavy atom. The second-order valence-corrected chi connectivity index (χ2v) is 8.02. The Morgan fingerprint density at radius 1 is 1.15 bits per heavy atom. The minimum atomic E-state index is -0.396. The predicted octanol–water partition coefficient (Wildman–Crippen LogP) is 4.32. The van der Waals surface area contributed by atoms with Crippen molar-refractivity contribution < 1.29 is 13.9 Å². The number of rotatable bonds is 13. The highest BCUT2D eigenvalue weighted by Crippen LogP contribution is 2.16. The molecule has 0 radical (unpaired) electrons. The van der Waals surface area contributed by atoms with Crippen LogP contribution in [0.5, 0.6) is 5.88 Å². The highest BCUT2D eigenvalue weighted by Gasteiger charge is 2.18. The molecule has 1 atom stereocenters.